The van der Waals surface area contributed by atoms with Crippen LogP contribution >= 0.6 is 38.9 Å². The Balaban J connectivity index is 1.64. The minimum absolute atomic E-state index is 0.133. The van der Waals surface area contributed by atoms with Crippen molar-refractivity contribution >= 4 is 60.1 Å². The second kappa shape index (κ2) is 6.19. The van der Waals surface area contributed by atoms with Crippen LogP contribution in [0.3, 0.4) is 0 Å². The molecule has 122 valence electrons. The fourth-order valence-electron chi connectivity index (χ4n) is 2.26. The van der Waals surface area contributed by atoms with E-state index in [2.05, 4.69) is 31.2 Å². The predicted molar refractivity (Wildman–Crippen MR) is 95.5 cm³/mol. The molecule has 9 heteroatoms. The molecule has 1 aliphatic rings. The van der Waals surface area contributed by atoms with Crippen LogP contribution in [0.15, 0.2) is 28.9 Å². The number of nitrogens with zero attached hydrogens (tertiary/aromatic N) is 2. The zero-order valence-electron chi connectivity index (χ0n) is 12.0. The van der Waals surface area contributed by atoms with E-state index in [1.165, 1.54) is 17.5 Å². The monoisotopic (exact) mass is 425 g/mol. The summed E-state index contributed by atoms with van der Waals surface area (Å²) in [7, 11) is 0. The molecule has 0 bridgehead atoms. The molecule has 0 atom stereocenters. The van der Waals surface area contributed by atoms with Gasteiger partial charge in [-0.15, -0.1) is 0 Å². The van der Waals surface area contributed by atoms with Gasteiger partial charge in [-0.2, -0.15) is 0 Å². The molecule has 6 nitrogen and oxygen atoms in total. The maximum absolute atomic E-state index is 12.4. The molecule has 3 aromatic rings. The first-order chi connectivity index (χ1) is 11.6. The Bertz CT molecular complexity index is 920. The molecule has 24 heavy (non-hydrogen) atoms. The lowest BCUT2D eigenvalue weighted by molar-refractivity contribution is 0.102. The Morgan fingerprint density at radius 3 is 2.79 bits per heavy atom. The van der Waals surface area contributed by atoms with Crippen molar-refractivity contribution in [3.8, 4) is 11.5 Å². The van der Waals surface area contributed by atoms with Gasteiger partial charge in [0.05, 0.1) is 15.8 Å². The van der Waals surface area contributed by atoms with Gasteiger partial charge in [-0.25, -0.2) is 9.97 Å². The number of ether oxygens (including phenoxy) is 2. The lowest BCUT2D eigenvalue weighted by Crippen LogP contribution is -2.15. The van der Waals surface area contributed by atoms with Crippen molar-refractivity contribution in [1.29, 1.82) is 0 Å². The lowest BCUT2D eigenvalue weighted by Gasteiger charge is -2.17. The van der Waals surface area contributed by atoms with Crippen LogP contribution in [0.5, 0.6) is 11.5 Å². The van der Waals surface area contributed by atoms with Crippen LogP contribution in [0.2, 0.25) is 5.15 Å². The Hall–Kier alpha value is -1.90. The van der Waals surface area contributed by atoms with E-state index in [-0.39, 0.29) is 16.6 Å². The quantitative estimate of drug-likeness (QED) is 0.624. The van der Waals surface area contributed by atoms with Gasteiger partial charge >= 0.3 is 0 Å². The maximum atomic E-state index is 12.4. The molecule has 1 amide bonds. The molecule has 0 saturated carbocycles. The summed E-state index contributed by atoms with van der Waals surface area (Å²) in [6.07, 6.45) is 1.53. The number of carbonyl (C=O) groups excluding carboxylic acids is 1. The number of carbonyl (C=O) groups is 1. The van der Waals surface area contributed by atoms with Crippen LogP contribution in [-0.4, -0.2) is 29.1 Å². The summed E-state index contributed by atoms with van der Waals surface area (Å²) in [5.41, 5.74) is 1.01. The number of thiazole rings is 1. The SMILES string of the molecule is O=C(Nc1nc2cc3c(cc2s1)OCCO3)c1cc(Br)cnc1Cl. The van der Waals surface area contributed by atoms with Crippen molar-refractivity contribution in [2.45, 2.75) is 0 Å². The van der Waals surface area contributed by atoms with Gasteiger partial charge in [0.15, 0.2) is 16.6 Å². The van der Waals surface area contributed by atoms with Gasteiger partial charge in [0.25, 0.3) is 5.91 Å². The second-order valence-corrected chi connectivity index (χ2v) is 7.23. The third kappa shape index (κ3) is 2.92. The van der Waals surface area contributed by atoms with Crippen molar-refractivity contribution in [2.24, 2.45) is 0 Å². The van der Waals surface area contributed by atoms with Gasteiger partial charge in [0.2, 0.25) is 0 Å². The number of rotatable bonds is 2. The third-order valence-corrected chi connectivity index (χ3v) is 4.99. The fourth-order valence-corrected chi connectivity index (χ4v) is 3.66. The van der Waals surface area contributed by atoms with E-state index in [1.807, 2.05) is 12.1 Å². The largest absolute Gasteiger partial charge is 0.486 e. The Morgan fingerprint density at radius 2 is 2.00 bits per heavy atom. The number of amides is 1. The van der Waals surface area contributed by atoms with Crippen LogP contribution in [0.4, 0.5) is 5.13 Å². The number of fused-ring (bicyclic) bond motifs is 2. The van der Waals surface area contributed by atoms with Gasteiger partial charge in [-0.3, -0.25) is 10.1 Å². The number of nitrogens with one attached hydrogen (secondary N) is 1. The van der Waals surface area contributed by atoms with E-state index in [0.29, 0.717) is 34.3 Å². The average molecular weight is 427 g/mol. The highest BCUT2D eigenvalue weighted by Crippen LogP contribution is 2.38. The van der Waals surface area contributed by atoms with Crippen LogP contribution < -0.4 is 14.8 Å². The zero-order chi connectivity index (χ0) is 16.7. The first-order valence-corrected chi connectivity index (χ1v) is 8.91. The molecule has 1 aromatic carbocycles. The highest BCUT2D eigenvalue weighted by molar-refractivity contribution is 9.10. The fraction of sp³-hybridized carbons (Fsp3) is 0.133. The highest BCUT2D eigenvalue weighted by Gasteiger charge is 2.17. The molecule has 0 aliphatic carbocycles. The number of pyridine rings is 1. The van der Waals surface area contributed by atoms with Crippen molar-refractivity contribution in [3.63, 3.8) is 0 Å². The summed E-state index contributed by atoms with van der Waals surface area (Å²) in [6.45, 7) is 1.04. The molecule has 0 unspecified atom stereocenters. The molecule has 1 aliphatic heterocycles. The standard InChI is InChI=1S/C15H9BrClN3O3S/c16-7-3-8(13(17)18-6-7)14(21)20-15-19-9-4-10-11(5-12(9)24-15)23-2-1-22-10/h3-6H,1-2H2,(H,19,20,21). The van der Waals surface area contributed by atoms with Gasteiger partial charge in [0.1, 0.15) is 18.4 Å². The Morgan fingerprint density at radius 1 is 1.25 bits per heavy atom. The van der Waals surface area contributed by atoms with Crippen LogP contribution in [0.25, 0.3) is 10.2 Å². The number of halogens is 2. The second-order valence-electron chi connectivity index (χ2n) is 4.93. The minimum atomic E-state index is -0.370. The lowest BCUT2D eigenvalue weighted by atomic mass is 10.3. The normalized spacial score (nSPS) is 13.1. The molecule has 0 radical (unpaired) electrons. The topological polar surface area (TPSA) is 73.3 Å². The summed E-state index contributed by atoms with van der Waals surface area (Å²) in [6, 6.07) is 5.28. The van der Waals surface area contributed by atoms with E-state index in [1.54, 1.807) is 6.07 Å². The zero-order valence-corrected chi connectivity index (χ0v) is 15.2. The number of benzene rings is 1. The van der Waals surface area contributed by atoms with Crippen LogP contribution in [0.1, 0.15) is 10.4 Å². The smallest absolute Gasteiger partial charge is 0.260 e. The molecule has 0 saturated heterocycles. The van der Waals surface area contributed by atoms with Crippen molar-refractivity contribution in [1.82, 2.24) is 9.97 Å². The van der Waals surface area contributed by atoms with Gasteiger partial charge < -0.3 is 9.47 Å². The molecule has 3 heterocycles. The van der Waals surface area contributed by atoms with E-state index in [0.717, 1.165) is 10.2 Å². The molecule has 4 rings (SSSR count). The van der Waals surface area contributed by atoms with Gasteiger partial charge in [-0.1, -0.05) is 22.9 Å². The summed E-state index contributed by atoms with van der Waals surface area (Å²) >= 11 is 10.6. The maximum Gasteiger partial charge on any atom is 0.260 e. The summed E-state index contributed by atoms with van der Waals surface area (Å²) in [4.78, 5) is 20.7. The predicted octanol–water partition coefficient (Wildman–Crippen LogP) is 4.13. The van der Waals surface area contributed by atoms with E-state index in [4.69, 9.17) is 21.1 Å². The number of aromatic nitrogens is 2. The van der Waals surface area contributed by atoms with Crippen LogP contribution in [-0.2, 0) is 0 Å². The van der Waals surface area contributed by atoms with Gasteiger partial charge in [0, 0.05) is 22.8 Å². The summed E-state index contributed by atoms with van der Waals surface area (Å²) < 4.78 is 12.7. The number of hydrogen-bond acceptors (Lipinski definition) is 6. The Kier molecular flexibility index (Phi) is 4.03. The Labute approximate surface area is 153 Å². The van der Waals surface area contributed by atoms with Crippen molar-refractivity contribution < 1.29 is 14.3 Å². The van der Waals surface area contributed by atoms with E-state index >= 15 is 0 Å². The number of hydrogen-bond donors (Lipinski definition) is 1. The highest BCUT2D eigenvalue weighted by atomic mass is 79.9. The summed E-state index contributed by atoms with van der Waals surface area (Å²) in [5, 5.41) is 3.35. The number of anilines is 1. The first kappa shape index (κ1) is 15.6. The van der Waals surface area contributed by atoms with E-state index < -0.39 is 0 Å². The molecule has 2 aromatic heterocycles. The molecular formula is C15H9BrClN3O3S. The van der Waals surface area contributed by atoms with Crippen molar-refractivity contribution in [3.05, 3.63) is 39.6 Å². The molecule has 1 N–H and O–H groups in total. The average Bonchev–Trinajstić information content (AvgIpc) is 2.95. The van der Waals surface area contributed by atoms with Gasteiger partial charge in [-0.05, 0) is 22.0 Å². The first-order valence-electron chi connectivity index (χ1n) is 6.93. The molecule has 0 fully saturated rings. The molecular weight excluding hydrogens is 418 g/mol. The summed E-state index contributed by atoms with van der Waals surface area (Å²) in [5.74, 6) is 0.982. The van der Waals surface area contributed by atoms with Crippen LogP contribution in [0, 0.1) is 0 Å². The van der Waals surface area contributed by atoms with E-state index in [9.17, 15) is 4.79 Å². The van der Waals surface area contributed by atoms with Crippen molar-refractivity contribution in [2.75, 3.05) is 18.5 Å². The molecule has 0 spiro atoms. The third-order valence-electron chi connectivity index (χ3n) is 3.32. The minimum Gasteiger partial charge on any atom is -0.486 e.